The van der Waals surface area contributed by atoms with Gasteiger partial charge in [-0.2, -0.15) is 0 Å². The summed E-state index contributed by atoms with van der Waals surface area (Å²) in [6.45, 7) is 7.90. The molecule has 5 rings (SSSR count). The van der Waals surface area contributed by atoms with Gasteiger partial charge in [-0.1, -0.05) is 72.8 Å². The molecule has 34 heavy (non-hydrogen) atoms. The molecule has 4 heteroatoms. The first kappa shape index (κ1) is 22.3. The Balaban J connectivity index is 1.98. The highest BCUT2D eigenvalue weighted by molar-refractivity contribution is 7.22. The largest absolute Gasteiger partial charge is 0.494 e. The van der Waals surface area contributed by atoms with Gasteiger partial charge in [0.15, 0.2) is 8.07 Å². The fourth-order valence-corrected chi connectivity index (χ4v) is 10.6. The van der Waals surface area contributed by atoms with Gasteiger partial charge in [0.1, 0.15) is 17.2 Å². The third-order valence-corrected chi connectivity index (χ3v) is 11.4. The molecule has 0 spiro atoms. The molecule has 4 aromatic rings. The predicted molar refractivity (Wildman–Crippen MR) is 143 cm³/mol. The lowest BCUT2D eigenvalue weighted by Crippen LogP contribution is -2.73. The second-order valence-corrected chi connectivity index (χ2v) is 12.0. The summed E-state index contributed by atoms with van der Waals surface area (Å²) in [5.74, 6) is 2.65. The fraction of sp³-hybridized carbons (Fsp3) is 0.200. The quantitative estimate of drug-likeness (QED) is 0.320. The fourth-order valence-electron chi connectivity index (χ4n) is 5.37. The Morgan fingerprint density at radius 3 is 1.76 bits per heavy atom. The standard InChI is InChI=1S/C30H30O3Si/c1-4-31-22-20-25-29-26(32-5-2)18-13-19-28(29)34(23-14-9-7-10-15-23,24-16-11-8-12-17-24)30(25)27(21-22)33-6-3/h7-21H,4-6H2,1-3H3. The minimum atomic E-state index is -2.67. The van der Waals surface area contributed by atoms with Crippen molar-refractivity contribution in [3.8, 4) is 28.4 Å². The molecule has 0 aromatic heterocycles. The van der Waals surface area contributed by atoms with E-state index >= 15 is 0 Å². The Hall–Kier alpha value is -3.50. The maximum Gasteiger partial charge on any atom is 0.185 e. The summed E-state index contributed by atoms with van der Waals surface area (Å²) in [6, 6.07) is 32.6. The molecule has 4 aromatic carbocycles. The lowest BCUT2D eigenvalue weighted by atomic mass is 10.0. The molecule has 1 aliphatic rings. The van der Waals surface area contributed by atoms with E-state index in [0.717, 1.165) is 22.8 Å². The van der Waals surface area contributed by atoms with E-state index in [0.29, 0.717) is 19.8 Å². The molecule has 0 fully saturated rings. The first-order valence-electron chi connectivity index (χ1n) is 12.1. The number of ether oxygens (including phenoxy) is 3. The summed E-state index contributed by atoms with van der Waals surface area (Å²) in [4.78, 5) is 0. The summed E-state index contributed by atoms with van der Waals surface area (Å²) >= 11 is 0. The normalized spacial score (nSPS) is 13.1. The molecule has 172 valence electrons. The summed E-state index contributed by atoms with van der Waals surface area (Å²) in [5.41, 5.74) is 2.33. The average molecular weight is 467 g/mol. The zero-order valence-electron chi connectivity index (χ0n) is 20.0. The number of benzene rings is 4. The van der Waals surface area contributed by atoms with Crippen molar-refractivity contribution in [3.05, 3.63) is 91.0 Å². The van der Waals surface area contributed by atoms with Crippen molar-refractivity contribution in [1.29, 1.82) is 0 Å². The third kappa shape index (κ3) is 3.41. The number of rotatable bonds is 8. The molecule has 0 N–H and O–H groups in total. The summed E-state index contributed by atoms with van der Waals surface area (Å²) in [6.07, 6.45) is 0. The number of hydrogen-bond donors (Lipinski definition) is 0. The highest BCUT2D eigenvalue weighted by Crippen LogP contribution is 2.40. The van der Waals surface area contributed by atoms with Gasteiger partial charge in [0.05, 0.1) is 19.8 Å². The molecule has 0 bridgehead atoms. The van der Waals surface area contributed by atoms with Gasteiger partial charge in [-0.25, -0.2) is 0 Å². The van der Waals surface area contributed by atoms with Crippen molar-refractivity contribution >= 4 is 28.8 Å². The van der Waals surface area contributed by atoms with Gasteiger partial charge in [0, 0.05) is 16.8 Å². The molecule has 3 nitrogen and oxygen atoms in total. The van der Waals surface area contributed by atoms with Gasteiger partial charge >= 0.3 is 0 Å². The van der Waals surface area contributed by atoms with Crippen LogP contribution in [0.4, 0.5) is 0 Å². The zero-order chi connectivity index (χ0) is 23.5. The van der Waals surface area contributed by atoms with Gasteiger partial charge in [0.2, 0.25) is 0 Å². The molecular weight excluding hydrogens is 436 g/mol. The van der Waals surface area contributed by atoms with Crippen LogP contribution in [0.3, 0.4) is 0 Å². The Morgan fingerprint density at radius 1 is 0.588 bits per heavy atom. The number of fused-ring (bicyclic) bond motifs is 3. The van der Waals surface area contributed by atoms with E-state index < -0.39 is 8.07 Å². The van der Waals surface area contributed by atoms with Crippen molar-refractivity contribution in [1.82, 2.24) is 0 Å². The smallest absolute Gasteiger partial charge is 0.185 e. The minimum Gasteiger partial charge on any atom is -0.494 e. The van der Waals surface area contributed by atoms with Crippen molar-refractivity contribution in [2.45, 2.75) is 20.8 Å². The monoisotopic (exact) mass is 466 g/mol. The SMILES string of the molecule is CCOc1cc(OCC)c2c(c1)-c1c(OCC)cccc1[Si]2(c1ccccc1)c1ccccc1. The van der Waals surface area contributed by atoms with Gasteiger partial charge < -0.3 is 14.2 Å². The highest BCUT2D eigenvalue weighted by atomic mass is 28.3. The Bertz CT molecular complexity index is 1250. The van der Waals surface area contributed by atoms with Gasteiger partial charge in [-0.15, -0.1) is 0 Å². The molecule has 0 amide bonds. The van der Waals surface area contributed by atoms with Crippen LogP contribution in [0.2, 0.25) is 0 Å². The van der Waals surface area contributed by atoms with Crippen LogP contribution in [0.25, 0.3) is 11.1 Å². The average Bonchev–Trinajstić information content (AvgIpc) is 3.18. The van der Waals surface area contributed by atoms with Crippen LogP contribution in [-0.2, 0) is 0 Å². The lowest BCUT2D eigenvalue weighted by Gasteiger charge is -2.32. The molecular formula is C30H30O3Si. The zero-order valence-corrected chi connectivity index (χ0v) is 21.0. The molecule has 0 unspecified atom stereocenters. The van der Waals surface area contributed by atoms with Crippen LogP contribution in [0, 0.1) is 0 Å². The third-order valence-electron chi connectivity index (χ3n) is 6.47. The maximum atomic E-state index is 6.38. The van der Waals surface area contributed by atoms with E-state index in [1.807, 2.05) is 20.8 Å². The summed E-state index contributed by atoms with van der Waals surface area (Å²) < 4.78 is 18.6. The van der Waals surface area contributed by atoms with E-state index in [1.54, 1.807) is 0 Å². The van der Waals surface area contributed by atoms with E-state index in [9.17, 15) is 0 Å². The Morgan fingerprint density at radius 2 is 1.18 bits per heavy atom. The van der Waals surface area contributed by atoms with Gasteiger partial charge in [-0.3, -0.25) is 0 Å². The van der Waals surface area contributed by atoms with Gasteiger partial charge in [0.25, 0.3) is 0 Å². The first-order chi connectivity index (χ1) is 16.7. The minimum absolute atomic E-state index is 0.588. The maximum absolute atomic E-state index is 6.38. The second kappa shape index (κ2) is 9.39. The van der Waals surface area contributed by atoms with E-state index in [4.69, 9.17) is 14.2 Å². The summed E-state index contributed by atoms with van der Waals surface area (Å²) in [7, 11) is -2.67. The van der Waals surface area contributed by atoms with Crippen LogP contribution in [-0.4, -0.2) is 27.9 Å². The predicted octanol–water partition coefficient (Wildman–Crippen LogP) is 4.24. The van der Waals surface area contributed by atoms with E-state index in [1.165, 1.54) is 26.3 Å². The van der Waals surface area contributed by atoms with Crippen LogP contribution < -0.4 is 35.0 Å². The lowest BCUT2D eigenvalue weighted by molar-refractivity contribution is 0.325. The van der Waals surface area contributed by atoms with Crippen LogP contribution in [0.15, 0.2) is 91.0 Å². The first-order valence-corrected chi connectivity index (χ1v) is 14.1. The summed E-state index contributed by atoms with van der Waals surface area (Å²) in [5, 5.41) is 5.28. The Labute approximate surface area is 203 Å². The highest BCUT2D eigenvalue weighted by Gasteiger charge is 2.51. The topological polar surface area (TPSA) is 27.7 Å². The van der Waals surface area contributed by atoms with Gasteiger partial charge in [-0.05, 0) is 54.0 Å². The molecule has 1 aliphatic heterocycles. The van der Waals surface area contributed by atoms with E-state index in [-0.39, 0.29) is 0 Å². The molecule has 0 saturated carbocycles. The second-order valence-electron chi connectivity index (χ2n) is 8.30. The van der Waals surface area contributed by atoms with Crippen LogP contribution in [0.5, 0.6) is 17.2 Å². The molecule has 0 radical (unpaired) electrons. The molecule has 0 saturated heterocycles. The molecule has 1 heterocycles. The van der Waals surface area contributed by atoms with Crippen LogP contribution >= 0.6 is 0 Å². The molecule has 0 atom stereocenters. The van der Waals surface area contributed by atoms with Crippen molar-refractivity contribution in [3.63, 3.8) is 0 Å². The van der Waals surface area contributed by atoms with Crippen molar-refractivity contribution < 1.29 is 14.2 Å². The van der Waals surface area contributed by atoms with E-state index in [2.05, 4.69) is 91.0 Å². The number of hydrogen-bond acceptors (Lipinski definition) is 3. The van der Waals surface area contributed by atoms with Crippen molar-refractivity contribution in [2.75, 3.05) is 19.8 Å². The Kier molecular flexibility index (Phi) is 6.16. The van der Waals surface area contributed by atoms with Crippen LogP contribution in [0.1, 0.15) is 20.8 Å². The molecule has 0 aliphatic carbocycles. The van der Waals surface area contributed by atoms with Crippen molar-refractivity contribution in [2.24, 2.45) is 0 Å².